The summed E-state index contributed by atoms with van der Waals surface area (Å²) in [6.07, 6.45) is 10.8. The Kier molecular flexibility index (Phi) is 11.3. The summed E-state index contributed by atoms with van der Waals surface area (Å²) in [7, 11) is 0. The van der Waals surface area contributed by atoms with E-state index in [1.54, 1.807) is 0 Å². The third-order valence-electron chi connectivity index (χ3n) is 3.05. The lowest BCUT2D eigenvalue weighted by molar-refractivity contribution is 0.141. The maximum Gasteiger partial charge on any atom is 0.0540 e. The molecule has 2 unspecified atom stereocenters. The SMILES string of the molecule is CCCCCCCC(O)CCCCC(C)O. The van der Waals surface area contributed by atoms with Crippen LogP contribution in [0.2, 0.25) is 0 Å². The first-order valence-electron chi connectivity index (χ1n) is 7.03. The van der Waals surface area contributed by atoms with E-state index in [4.69, 9.17) is 5.11 Å². The maximum atomic E-state index is 9.71. The molecule has 98 valence electrons. The molecular weight excluding hydrogens is 200 g/mol. The molecule has 0 spiro atoms. The lowest BCUT2D eigenvalue weighted by Gasteiger charge is -2.10. The zero-order valence-electron chi connectivity index (χ0n) is 11.1. The van der Waals surface area contributed by atoms with Gasteiger partial charge in [-0.1, -0.05) is 51.9 Å². The van der Waals surface area contributed by atoms with E-state index in [1.165, 1.54) is 25.7 Å². The van der Waals surface area contributed by atoms with E-state index in [9.17, 15) is 5.11 Å². The van der Waals surface area contributed by atoms with E-state index in [-0.39, 0.29) is 12.2 Å². The number of hydrogen-bond donors (Lipinski definition) is 2. The molecule has 2 heteroatoms. The zero-order chi connectivity index (χ0) is 12.2. The minimum Gasteiger partial charge on any atom is -0.393 e. The van der Waals surface area contributed by atoms with Gasteiger partial charge in [-0.3, -0.25) is 0 Å². The Morgan fingerprint density at radius 1 is 0.750 bits per heavy atom. The van der Waals surface area contributed by atoms with Gasteiger partial charge in [0.05, 0.1) is 12.2 Å². The standard InChI is InChI=1S/C14H30O2/c1-3-4-5-6-7-11-14(16)12-9-8-10-13(2)15/h13-16H,3-12H2,1-2H3. The summed E-state index contributed by atoms with van der Waals surface area (Å²) < 4.78 is 0. The average Bonchev–Trinajstić information content (AvgIpc) is 2.24. The smallest absolute Gasteiger partial charge is 0.0540 e. The highest BCUT2D eigenvalue weighted by Gasteiger charge is 2.04. The number of aliphatic hydroxyl groups is 2. The minimum absolute atomic E-state index is 0.115. The quantitative estimate of drug-likeness (QED) is 0.532. The summed E-state index contributed by atoms with van der Waals surface area (Å²) in [6, 6.07) is 0. The molecule has 0 aromatic rings. The van der Waals surface area contributed by atoms with Crippen LogP contribution in [0.25, 0.3) is 0 Å². The fourth-order valence-corrected chi connectivity index (χ4v) is 1.95. The Labute approximate surface area is 101 Å². The first-order chi connectivity index (χ1) is 7.66. The summed E-state index contributed by atoms with van der Waals surface area (Å²) in [5.74, 6) is 0. The van der Waals surface area contributed by atoms with Gasteiger partial charge in [0.25, 0.3) is 0 Å². The second-order valence-corrected chi connectivity index (χ2v) is 4.99. The van der Waals surface area contributed by atoms with Crippen molar-refractivity contribution in [3.05, 3.63) is 0 Å². The highest BCUT2D eigenvalue weighted by Crippen LogP contribution is 2.12. The van der Waals surface area contributed by atoms with Crippen LogP contribution in [0.1, 0.15) is 78.1 Å². The van der Waals surface area contributed by atoms with Gasteiger partial charge in [0.2, 0.25) is 0 Å². The number of hydrogen-bond acceptors (Lipinski definition) is 2. The molecule has 0 rings (SSSR count). The first-order valence-corrected chi connectivity index (χ1v) is 7.03. The fraction of sp³-hybridized carbons (Fsp3) is 1.00. The fourth-order valence-electron chi connectivity index (χ4n) is 1.95. The predicted molar refractivity (Wildman–Crippen MR) is 69.5 cm³/mol. The van der Waals surface area contributed by atoms with Gasteiger partial charge < -0.3 is 10.2 Å². The molecule has 0 aliphatic rings. The van der Waals surface area contributed by atoms with Crippen LogP contribution in [0, 0.1) is 0 Å². The van der Waals surface area contributed by atoms with Gasteiger partial charge >= 0.3 is 0 Å². The van der Waals surface area contributed by atoms with E-state index < -0.39 is 0 Å². The van der Waals surface area contributed by atoms with Crippen molar-refractivity contribution in [1.82, 2.24) is 0 Å². The summed E-state index contributed by atoms with van der Waals surface area (Å²) >= 11 is 0. The predicted octanol–water partition coefficient (Wildman–Crippen LogP) is 3.65. The first kappa shape index (κ1) is 15.9. The number of aliphatic hydroxyl groups excluding tert-OH is 2. The Bertz CT molecular complexity index is 135. The molecule has 0 aromatic carbocycles. The molecule has 2 N–H and O–H groups in total. The van der Waals surface area contributed by atoms with Crippen molar-refractivity contribution in [2.24, 2.45) is 0 Å². The molecule has 2 nitrogen and oxygen atoms in total. The Hall–Kier alpha value is -0.0800. The maximum absolute atomic E-state index is 9.71. The molecule has 0 aromatic heterocycles. The van der Waals surface area contributed by atoms with Crippen LogP contribution in [0.3, 0.4) is 0 Å². The van der Waals surface area contributed by atoms with E-state index >= 15 is 0 Å². The third-order valence-corrected chi connectivity index (χ3v) is 3.05. The molecule has 0 heterocycles. The van der Waals surface area contributed by atoms with Crippen LogP contribution in [-0.4, -0.2) is 22.4 Å². The topological polar surface area (TPSA) is 40.5 Å². The Morgan fingerprint density at radius 2 is 1.25 bits per heavy atom. The monoisotopic (exact) mass is 230 g/mol. The van der Waals surface area contributed by atoms with Gasteiger partial charge in [-0.2, -0.15) is 0 Å². The lowest BCUT2D eigenvalue weighted by Crippen LogP contribution is -2.07. The van der Waals surface area contributed by atoms with Crippen LogP contribution in [0.4, 0.5) is 0 Å². The van der Waals surface area contributed by atoms with E-state index in [2.05, 4.69) is 6.92 Å². The Morgan fingerprint density at radius 3 is 1.81 bits per heavy atom. The van der Waals surface area contributed by atoms with E-state index in [1.807, 2.05) is 6.92 Å². The summed E-state index contributed by atoms with van der Waals surface area (Å²) in [5.41, 5.74) is 0. The van der Waals surface area contributed by atoms with Gasteiger partial charge in [0, 0.05) is 0 Å². The van der Waals surface area contributed by atoms with E-state index in [0.717, 1.165) is 38.5 Å². The second kappa shape index (κ2) is 11.4. The van der Waals surface area contributed by atoms with Crippen LogP contribution in [-0.2, 0) is 0 Å². The minimum atomic E-state index is -0.189. The second-order valence-electron chi connectivity index (χ2n) is 4.99. The van der Waals surface area contributed by atoms with Crippen molar-refractivity contribution >= 4 is 0 Å². The summed E-state index contributed by atoms with van der Waals surface area (Å²) in [6.45, 7) is 4.04. The van der Waals surface area contributed by atoms with Gasteiger partial charge in [-0.05, 0) is 26.2 Å². The summed E-state index contributed by atoms with van der Waals surface area (Å²) in [5, 5.41) is 18.8. The highest BCUT2D eigenvalue weighted by molar-refractivity contribution is 4.58. The normalized spacial score (nSPS) is 15.0. The van der Waals surface area contributed by atoms with Crippen molar-refractivity contribution in [2.45, 2.75) is 90.3 Å². The zero-order valence-corrected chi connectivity index (χ0v) is 11.1. The molecule has 0 saturated carbocycles. The molecule has 0 amide bonds. The van der Waals surface area contributed by atoms with Crippen molar-refractivity contribution in [2.75, 3.05) is 0 Å². The van der Waals surface area contributed by atoms with Gasteiger partial charge in [0.1, 0.15) is 0 Å². The van der Waals surface area contributed by atoms with Crippen molar-refractivity contribution in [3.63, 3.8) is 0 Å². The molecular formula is C14H30O2. The van der Waals surface area contributed by atoms with Crippen molar-refractivity contribution in [3.8, 4) is 0 Å². The highest BCUT2D eigenvalue weighted by atomic mass is 16.3. The molecule has 0 aliphatic heterocycles. The van der Waals surface area contributed by atoms with Gasteiger partial charge in [0.15, 0.2) is 0 Å². The number of rotatable bonds is 11. The van der Waals surface area contributed by atoms with E-state index in [0.29, 0.717) is 0 Å². The Balaban J connectivity index is 3.15. The molecule has 16 heavy (non-hydrogen) atoms. The summed E-state index contributed by atoms with van der Waals surface area (Å²) in [4.78, 5) is 0. The van der Waals surface area contributed by atoms with Crippen LogP contribution in [0.15, 0.2) is 0 Å². The molecule has 0 saturated heterocycles. The van der Waals surface area contributed by atoms with Crippen LogP contribution < -0.4 is 0 Å². The van der Waals surface area contributed by atoms with Gasteiger partial charge in [-0.25, -0.2) is 0 Å². The average molecular weight is 230 g/mol. The number of unbranched alkanes of at least 4 members (excludes halogenated alkanes) is 5. The van der Waals surface area contributed by atoms with Crippen molar-refractivity contribution in [1.29, 1.82) is 0 Å². The molecule has 0 fully saturated rings. The van der Waals surface area contributed by atoms with Crippen LogP contribution in [0.5, 0.6) is 0 Å². The van der Waals surface area contributed by atoms with Crippen molar-refractivity contribution < 1.29 is 10.2 Å². The van der Waals surface area contributed by atoms with Crippen LogP contribution >= 0.6 is 0 Å². The molecule has 2 atom stereocenters. The molecule has 0 bridgehead atoms. The lowest BCUT2D eigenvalue weighted by atomic mass is 10.0. The van der Waals surface area contributed by atoms with Gasteiger partial charge in [-0.15, -0.1) is 0 Å². The molecule has 0 radical (unpaired) electrons. The molecule has 0 aliphatic carbocycles. The third kappa shape index (κ3) is 12.0. The largest absolute Gasteiger partial charge is 0.393 e.